The lowest BCUT2D eigenvalue weighted by Gasteiger charge is -2.06. The smallest absolute Gasteiger partial charge is 0.234 e. The Kier molecular flexibility index (Phi) is 6.43. The molecule has 0 radical (unpaired) electrons. The molecule has 24 heavy (non-hydrogen) atoms. The highest BCUT2D eigenvalue weighted by Gasteiger charge is 2.09. The van der Waals surface area contributed by atoms with E-state index < -0.39 is 0 Å². The minimum Gasteiger partial charge on any atom is -0.444 e. The molecule has 0 saturated carbocycles. The molecule has 1 heterocycles. The quantitative estimate of drug-likeness (QED) is 0.804. The van der Waals surface area contributed by atoms with Crippen LogP contribution in [-0.2, 0) is 16.1 Å². The van der Waals surface area contributed by atoms with Crippen molar-refractivity contribution in [3.05, 3.63) is 47.2 Å². The molecule has 0 unspecified atom stereocenters. The average Bonchev–Trinajstić information content (AvgIpc) is 2.86. The normalized spacial score (nSPS) is 10.5. The summed E-state index contributed by atoms with van der Waals surface area (Å²) in [5.41, 5.74) is 2.71. The van der Waals surface area contributed by atoms with Crippen LogP contribution in [-0.4, -0.2) is 28.3 Å². The number of amides is 2. The predicted molar refractivity (Wildman–Crippen MR) is 95.0 cm³/mol. The van der Waals surface area contributed by atoms with Crippen molar-refractivity contribution < 1.29 is 14.0 Å². The highest BCUT2D eigenvalue weighted by molar-refractivity contribution is 8.00. The molecule has 2 N–H and O–H groups in total. The van der Waals surface area contributed by atoms with Gasteiger partial charge in [0.2, 0.25) is 17.7 Å². The zero-order valence-electron chi connectivity index (χ0n) is 14.0. The number of rotatable bonds is 7. The van der Waals surface area contributed by atoms with Crippen LogP contribution in [0.5, 0.6) is 0 Å². The van der Waals surface area contributed by atoms with E-state index in [-0.39, 0.29) is 29.9 Å². The third-order valence-corrected chi connectivity index (χ3v) is 4.24. The molecule has 0 aliphatic rings. The number of anilines is 1. The van der Waals surface area contributed by atoms with E-state index >= 15 is 0 Å². The number of carbonyl (C=O) groups excluding carboxylic acids is 2. The van der Waals surface area contributed by atoms with E-state index in [1.807, 2.05) is 45.0 Å². The number of nitrogens with one attached hydrogen (secondary N) is 2. The van der Waals surface area contributed by atoms with Gasteiger partial charge in [-0.1, -0.05) is 17.7 Å². The van der Waals surface area contributed by atoms with Crippen LogP contribution >= 0.6 is 11.8 Å². The minimum absolute atomic E-state index is 0.129. The molecule has 2 aromatic rings. The number of aryl methyl sites for hydroxylation is 3. The summed E-state index contributed by atoms with van der Waals surface area (Å²) in [4.78, 5) is 27.8. The molecule has 0 fully saturated rings. The van der Waals surface area contributed by atoms with Gasteiger partial charge >= 0.3 is 0 Å². The van der Waals surface area contributed by atoms with E-state index in [2.05, 4.69) is 15.6 Å². The third-order valence-electron chi connectivity index (χ3n) is 3.31. The van der Waals surface area contributed by atoms with Crippen LogP contribution in [0.3, 0.4) is 0 Å². The van der Waals surface area contributed by atoms with Crippen molar-refractivity contribution in [2.45, 2.75) is 27.3 Å². The lowest BCUT2D eigenvalue weighted by atomic mass is 10.2. The maximum atomic E-state index is 11.8. The van der Waals surface area contributed by atoms with Crippen LogP contribution in [0.1, 0.15) is 22.9 Å². The van der Waals surface area contributed by atoms with Gasteiger partial charge in [-0.25, -0.2) is 4.98 Å². The summed E-state index contributed by atoms with van der Waals surface area (Å²) >= 11 is 1.26. The number of nitrogens with zero attached hydrogens (tertiary/aromatic N) is 1. The molecule has 128 valence electrons. The van der Waals surface area contributed by atoms with Crippen LogP contribution < -0.4 is 10.6 Å². The summed E-state index contributed by atoms with van der Waals surface area (Å²) in [6.07, 6.45) is 0. The van der Waals surface area contributed by atoms with E-state index in [1.54, 1.807) is 0 Å². The maximum Gasteiger partial charge on any atom is 0.234 e. The Morgan fingerprint density at radius 3 is 2.38 bits per heavy atom. The third kappa shape index (κ3) is 5.73. The fraction of sp³-hybridized carbons (Fsp3) is 0.353. The van der Waals surface area contributed by atoms with Gasteiger partial charge in [-0.15, -0.1) is 11.8 Å². The van der Waals surface area contributed by atoms with Crippen molar-refractivity contribution in [1.29, 1.82) is 0 Å². The molecule has 7 heteroatoms. The number of thioether (sulfide) groups is 1. The number of carbonyl (C=O) groups is 2. The van der Waals surface area contributed by atoms with Gasteiger partial charge in [0, 0.05) is 5.69 Å². The van der Waals surface area contributed by atoms with Crippen LogP contribution in [0.15, 0.2) is 28.7 Å². The number of hydrogen-bond donors (Lipinski definition) is 2. The molecule has 0 spiro atoms. The second-order valence-electron chi connectivity index (χ2n) is 5.43. The molecule has 1 aromatic heterocycles. The highest BCUT2D eigenvalue weighted by Crippen LogP contribution is 2.10. The Bertz CT molecular complexity index is 691. The van der Waals surface area contributed by atoms with E-state index in [4.69, 9.17) is 4.42 Å². The largest absolute Gasteiger partial charge is 0.444 e. The molecule has 0 aliphatic heterocycles. The van der Waals surface area contributed by atoms with Gasteiger partial charge in [-0.05, 0) is 32.9 Å². The van der Waals surface area contributed by atoms with Crippen LogP contribution in [0.4, 0.5) is 5.69 Å². The Balaban J connectivity index is 1.64. The lowest BCUT2D eigenvalue weighted by molar-refractivity contribution is -0.118. The van der Waals surface area contributed by atoms with Crippen LogP contribution in [0, 0.1) is 20.8 Å². The first kappa shape index (κ1) is 18.1. The fourth-order valence-corrected chi connectivity index (χ4v) is 2.56. The SMILES string of the molecule is Cc1ccc(NC(=O)CSCC(=O)NCc2nc(C)c(C)o2)cc1. The van der Waals surface area contributed by atoms with Gasteiger partial charge in [0.05, 0.1) is 23.7 Å². The van der Waals surface area contributed by atoms with Crippen molar-refractivity contribution in [2.75, 3.05) is 16.8 Å². The summed E-state index contributed by atoms with van der Waals surface area (Å²) in [5.74, 6) is 1.38. The van der Waals surface area contributed by atoms with Crippen molar-refractivity contribution in [3.63, 3.8) is 0 Å². The van der Waals surface area contributed by atoms with Gasteiger partial charge in [0.25, 0.3) is 0 Å². The first-order valence-corrected chi connectivity index (χ1v) is 8.73. The lowest BCUT2D eigenvalue weighted by Crippen LogP contribution is -2.25. The highest BCUT2D eigenvalue weighted by atomic mass is 32.2. The van der Waals surface area contributed by atoms with Gasteiger partial charge in [0.1, 0.15) is 5.76 Å². The topological polar surface area (TPSA) is 84.2 Å². The van der Waals surface area contributed by atoms with Crippen LogP contribution in [0.25, 0.3) is 0 Å². The molecule has 1 aromatic carbocycles. The van der Waals surface area contributed by atoms with Gasteiger partial charge in [0.15, 0.2) is 0 Å². The summed E-state index contributed by atoms with van der Waals surface area (Å²) < 4.78 is 5.39. The molecule has 2 rings (SSSR count). The van der Waals surface area contributed by atoms with Crippen molar-refractivity contribution in [1.82, 2.24) is 10.3 Å². The van der Waals surface area contributed by atoms with Crippen LogP contribution in [0.2, 0.25) is 0 Å². The van der Waals surface area contributed by atoms with Gasteiger partial charge < -0.3 is 15.1 Å². The minimum atomic E-state index is -0.156. The first-order chi connectivity index (χ1) is 11.4. The van der Waals surface area contributed by atoms with Crippen molar-refractivity contribution in [2.24, 2.45) is 0 Å². The van der Waals surface area contributed by atoms with Crippen molar-refractivity contribution in [3.8, 4) is 0 Å². The molecule has 0 aliphatic carbocycles. The molecule has 0 atom stereocenters. The Morgan fingerprint density at radius 1 is 1.08 bits per heavy atom. The van der Waals surface area contributed by atoms with E-state index in [0.717, 1.165) is 22.7 Å². The molecule has 2 amide bonds. The summed E-state index contributed by atoms with van der Waals surface area (Å²) in [5, 5.41) is 5.51. The molecular weight excluding hydrogens is 326 g/mol. The molecule has 6 nitrogen and oxygen atoms in total. The number of oxazole rings is 1. The summed E-state index contributed by atoms with van der Waals surface area (Å²) in [6.45, 7) is 5.92. The number of benzene rings is 1. The first-order valence-electron chi connectivity index (χ1n) is 7.58. The predicted octanol–water partition coefficient (Wildman–Crippen LogP) is 2.59. The zero-order chi connectivity index (χ0) is 17.5. The second-order valence-corrected chi connectivity index (χ2v) is 6.42. The van der Waals surface area contributed by atoms with Crippen molar-refractivity contribution >= 4 is 29.3 Å². The maximum absolute atomic E-state index is 11.8. The standard InChI is InChI=1S/C17H21N3O3S/c1-11-4-6-14(7-5-11)20-16(22)10-24-9-15(21)18-8-17-19-12(2)13(3)23-17/h4-7H,8-10H2,1-3H3,(H,18,21)(H,20,22). The average molecular weight is 347 g/mol. The van der Waals surface area contributed by atoms with Gasteiger partial charge in [-0.2, -0.15) is 0 Å². The molecule has 0 saturated heterocycles. The molecular formula is C17H21N3O3S. The van der Waals surface area contributed by atoms with Gasteiger partial charge in [-0.3, -0.25) is 9.59 Å². The zero-order valence-corrected chi connectivity index (χ0v) is 14.8. The number of hydrogen-bond acceptors (Lipinski definition) is 5. The molecule has 0 bridgehead atoms. The number of aromatic nitrogens is 1. The summed E-state index contributed by atoms with van der Waals surface area (Å²) in [7, 11) is 0. The Hall–Kier alpha value is -2.28. The Morgan fingerprint density at radius 2 is 1.75 bits per heavy atom. The second kappa shape index (κ2) is 8.54. The van der Waals surface area contributed by atoms with E-state index in [0.29, 0.717) is 5.89 Å². The van der Waals surface area contributed by atoms with E-state index in [9.17, 15) is 9.59 Å². The monoisotopic (exact) mass is 347 g/mol. The fourth-order valence-electron chi connectivity index (χ4n) is 1.91. The van der Waals surface area contributed by atoms with E-state index in [1.165, 1.54) is 11.8 Å². The summed E-state index contributed by atoms with van der Waals surface area (Å²) in [6, 6.07) is 7.57. The Labute approximate surface area is 145 Å².